The molecule has 25 heavy (non-hydrogen) atoms. The van der Waals surface area contributed by atoms with Crippen molar-refractivity contribution in [1.82, 2.24) is 5.32 Å². The molecule has 0 aliphatic carbocycles. The van der Waals surface area contributed by atoms with Crippen LogP contribution in [0.25, 0.3) is 0 Å². The number of nitrogens with one attached hydrogen (secondary N) is 1. The van der Waals surface area contributed by atoms with Crippen LogP contribution in [-0.2, 0) is 17.6 Å². The number of halogens is 2. The van der Waals surface area contributed by atoms with E-state index in [2.05, 4.69) is 5.32 Å². The molecule has 0 unspecified atom stereocenters. The van der Waals surface area contributed by atoms with Gasteiger partial charge < -0.3 is 14.8 Å². The maximum absolute atomic E-state index is 12.0. The largest absolute Gasteiger partial charge is 0.493 e. The van der Waals surface area contributed by atoms with E-state index in [0.717, 1.165) is 24.3 Å². The average Bonchev–Trinajstić information content (AvgIpc) is 3.04. The first kappa shape index (κ1) is 17.9. The average molecular weight is 380 g/mol. The summed E-state index contributed by atoms with van der Waals surface area (Å²) in [4.78, 5) is 12.0. The van der Waals surface area contributed by atoms with Gasteiger partial charge in [-0.2, -0.15) is 0 Å². The van der Waals surface area contributed by atoms with Gasteiger partial charge in [0.1, 0.15) is 11.5 Å². The number of hydrogen-bond acceptors (Lipinski definition) is 3. The first-order valence-electron chi connectivity index (χ1n) is 8.21. The SMILES string of the molecule is O=C(Cc1ccc2c(c1)CCO2)NCCCOc1ccc(Cl)cc1Cl. The fourth-order valence-electron chi connectivity index (χ4n) is 2.67. The summed E-state index contributed by atoms with van der Waals surface area (Å²) >= 11 is 11.9. The van der Waals surface area contributed by atoms with Crippen LogP contribution in [0.2, 0.25) is 10.0 Å². The van der Waals surface area contributed by atoms with Gasteiger partial charge in [-0.05, 0) is 41.8 Å². The standard InChI is InChI=1S/C19H19Cl2NO3/c20-15-3-5-18(16(21)12-15)24-8-1-7-22-19(23)11-13-2-4-17-14(10-13)6-9-25-17/h2-5,10,12H,1,6-9,11H2,(H,22,23). The smallest absolute Gasteiger partial charge is 0.224 e. The van der Waals surface area contributed by atoms with Gasteiger partial charge in [0, 0.05) is 18.0 Å². The lowest BCUT2D eigenvalue weighted by atomic mass is 10.1. The Morgan fingerprint density at radius 1 is 1.20 bits per heavy atom. The maximum atomic E-state index is 12.0. The van der Waals surface area contributed by atoms with E-state index in [4.69, 9.17) is 32.7 Å². The highest BCUT2D eigenvalue weighted by atomic mass is 35.5. The van der Waals surface area contributed by atoms with Crippen LogP contribution in [0.15, 0.2) is 36.4 Å². The van der Waals surface area contributed by atoms with E-state index in [1.807, 2.05) is 18.2 Å². The summed E-state index contributed by atoms with van der Waals surface area (Å²) in [5, 5.41) is 3.96. The summed E-state index contributed by atoms with van der Waals surface area (Å²) in [7, 11) is 0. The summed E-state index contributed by atoms with van der Waals surface area (Å²) in [5.74, 6) is 1.53. The van der Waals surface area contributed by atoms with Gasteiger partial charge in [0.15, 0.2) is 0 Å². The van der Waals surface area contributed by atoms with Crippen molar-refractivity contribution >= 4 is 29.1 Å². The summed E-state index contributed by atoms with van der Waals surface area (Å²) in [5.41, 5.74) is 2.18. The lowest BCUT2D eigenvalue weighted by Crippen LogP contribution is -2.27. The van der Waals surface area contributed by atoms with Crippen molar-refractivity contribution in [1.29, 1.82) is 0 Å². The zero-order valence-corrected chi connectivity index (χ0v) is 15.2. The fraction of sp³-hybridized carbons (Fsp3) is 0.316. The van der Waals surface area contributed by atoms with Gasteiger partial charge >= 0.3 is 0 Å². The van der Waals surface area contributed by atoms with Crippen molar-refractivity contribution < 1.29 is 14.3 Å². The second-order valence-electron chi connectivity index (χ2n) is 5.84. The van der Waals surface area contributed by atoms with E-state index in [1.165, 1.54) is 5.56 Å². The predicted octanol–water partition coefficient (Wildman–Crippen LogP) is 4.06. The first-order chi connectivity index (χ1) is 12.1. The summed E-state index contributed by atoms with van der Waals surface area (Å²) in [6, 6.07) is 11.0. The zero-order valence-electron chi connectivity index (χ0n) is 13.7. The van der Waals surface area contributed by atoms with Gasteiger partial charge in [0.25, 0.3) is 0 Å². The van der Waals surface area contributed by atoms with Gasteiger partial charge in [0.2, 0.25) is 5.91 Å². The molecule has 0 spiro atoms. The molecule has 1 amide bonds. The quantitative estimate of drug-likeness (QED) is 0.737. The van der Waals surface area contributed by atoms with Gasteiger partial charge in [-0.1, -0.05) is 35.3 Å². The topological polar surface area (TPSA) is 47.6 Å². The Morgan fingerprint density at radius 2 is 2.08 bits per heavy atom. The van der Waals surface area contributed by atoms with E-state index >= 15 is 0 Å². The molecule has 3 rings (SSSR count). The number of rotatable bonds is 7. The van der Waals surface area contributed by atoms with Gasteiger partial charge in [-0.25, -0.2) is 0 Å². The number of benzene rings is 2. The molecule has 6 heteroatoms. The molecule has 0 aromatic heterocycles. The Morgan fingerprint density at radius 3 is 2.92 bits per heavy atom. The van der Waals surface area contributed by atoms with Crippen molar-refractivity contribution in [2.24, 2.45) is 0 Å². The van der Waals surface area contributed by atoms with Crippen LogP contribution in [0.1, 0.15) is 17.5 Å². The third kappa shape index (κ3) is 5.03. The van der Waals surface area contributed by atoms with Crippen molar-refractivity contribution in [3.63, 3.8) is 0 Å². The normalized spacial score (nSPS) is 12.4. The molecule has 1 heterocycles. The second kappa shape index (κ2) is 8.45. The molecule has 2 aromatic carbocycles. The van der Waals surface area contributed by atoms with Crippen molar-refractivity contribution in [2.75, 3.05) is 19.8 Å². The summed E-state index contributed by atoms with van der Waals surface area (Å²) in [6.07, 6.45) is 1.98. The predicted molar refractivity (Wildman–Crippen MR) is 98.9 cm³/mol. The van der Waals surface area contributed by atoms with E-state index < -0.39 is 0 Å². The van der Waals surface area contributed by atoms with Gasteiger partial charge in [-0.15, -0.1) is 0 Å². The van der Waals surface area contributed by atoms with Crippen molar-refractivity contribution in [3.8, 4) is 11.5 Å². The number of fused-ring (bicyclic) bond motifs is 1. The molecule has 0 radical (unpaired) electrons. The molecule has 0 saturated heterocycles. The van der Waals surface area contributed by atoms with Crippen molar-refractivity contribution in [2.45, 2.75) is 19.3 Å². The Kier molecular flexibility index (Phi) is 6.05. The molecule has 1 aliphatic heterocycles. The molecule has 0 fully saturated rings. The molecule has 0 saturated carbocycles. The van der Waals surface area contributed by atoms with Gasteiger partial charge in [0.05, 0.1) is 24.7 Å². The van der Waals surface area contributed by atoms with Crippen LogP contribution in [0.4, 0.5) is 0 Å². The number of carbonyl (C=O) groups is 1. The summed E-state index contributed by atoms with van der Waals surface area (Å²) in [6.45, 7) is 1.75. The number of ether oxygens (including phenoxy) is 2. The minimum Gasteiger partial charge on any atom is -0.493 e. The van der Waals surface area contributed by atoms with Crippen LogP contribution in [0.3, 0.4) is 0 Å². The molecule has 132 valence electrons. The van der Waals surface area contributed by atoms with Crippen molar-refractivity contribution in [3.05, 3.63) is 57.6 Å². The Balaban J connectivity index is 1.36. The Hall–Kier alpha value is -1.91. The van der Waals surface area contributed by atoms with Crippen LogP contribution in [-0.4, -0.2) is 25.7 Å². The fourth-order valence-corrected chi connectivity index (χ4v) is 3.14. The molecule has 0 atom stereocenters. The van der Waals surface area contributed by atoms with Crippen LogP contribution < -0.4 is 14.8 Å². The van der Waals surface area contributed by atoms with Gasteiger partial charge in [-0.3, -0.25) is 4.79 Å². The lowest BCUT2D eigenvalue weighted by molar-refractivity contribution is -0.120. The molecule has 1 N–H and O–H groups in total. The van der Waals surface area contributed by atoms with Crippen LogP contribution in [0.5, 0.6) is 11.5 Å². The molecule has 0 bridgehead atoms. The Labute approximate surface area is 157 Å². The lowest BCUT2D eigenvalue weighted by Gasteiger charge is -2.09. The highest BCUT2D eigenvalue weighted by Crippen LogP contribution is 2.27. The zero-order chi connectivity index (χ0) is 17.6. The van der Waals surface area contributed by atoms with Crippen LogP contribution in [0, 0.1) is 0 Å². The molecular formula is C19H19Cl2NO3. The minimum absolute atomic E-state index is 0.00314. The molecule has 2 aromatic rings. The van der Waals surface area contributed by atoms with E-state index in [1.54, 1.807) is 18.2 Å². The highest BCUT2D eigenvalue weighted by Gasteiger charge is 2.13. The Bertz CT molecular complexity index is 764. The molecule has 4 nitrogen and oxygen atoms in total. The van der Waals surface area contributed by atoms with E-state index in [9.17, 15) is 4.79 Å². The maximum Gasteiger partial charge on any atom is 0.224 e. The monoisotopic (exact) mass is 379 g/mol. The second-order valence-corrected chi connectivity index (χ2v) is 6.69. The number of carbonyl (C=O) groups excluding carboxylic acids is 1. The number of amides is 1. The first-order valence-corrected chi connectivity index (χ1v) is 8.96. The highest BCUT2D eigenvalue weighted by molar-refractivity contribution is 6.35. The third-order valence-electron chi connectivity index (χ3n) is 3.91. The molecular weight excluding hydrogens is 361 g/mol. The third-order valence-corrected chi connectivity index (χ3v) is 4.44. The van der Waals surface area contributed by atoms with Crippen LogP contribution >= 0.6 is 23.2 Å². The summed E-state index contributed by atoms with van der Waals surface area (Å²) < 4.78 is 11.1. The minimum atomic E-state index is 0.00314. The molecule has 1 aliphatic rings. The number of hydrogen-bond donors (Lipinski definition) is 1. The van der Waals surface area contributed by atoms with E-state index in [-0.39, 0.29) is 5.91 Å². The van der Waals surface area contributed by atoms with E-state index in [0.29, 0.717) is 41.8 Å².